The third-order valence-electron chi connectivity index (χ3n) is 4.46. The highest BCUT2D eigenvalue weighted by Gasteiger charge is 2.18. The lowest BCUT2D eigenvalue weighted by atomic mass is 10.2. The van der Waals surface area contributed by atoms with Crippen LogP contribution in [0.2, 0.25) is 0 Å². The van der Waals surface area contributed by atoms with Gasteiger partial charge in [0.05, 0.1) is 15.7 Å². The van der Waals surface area contributed by atoms with E-state index in [1.165, 1.54) is 16.9 Å². The van der Waals surface area contributed by atoms with E-state index in [0.29, 0.717) is 22.6 Å². The van der Waals surface area contributed by atoms with E-state index in [0.717, 1.165) is 16.6 Å². The highest BCUT2D eigenvalue weighted by atomic mass is 32.1. The van der Waals surface area contributed by atoms with Gasteiger partial charge in [0.25, 0.3) is 5.91 Å². The molecule has 2 aromatic carbocycles. The van der Waals surface area contributed by atoms with Crippen molar-refractivity contribution in [3.63, 3.8) is 0 Å². The van der Waals surface area contributed by atoms with Gasteiger partial charge in [0.15, 0.2) is 10.8 Å². The lowest BCUT2D eigenvalue weighted by molar-refractivity contribution is 0.101. The third-order valence-corrected chi connectivity index (χ3v) is 5.39. The Bertz CT molecular complexity index is 1230. The number of anilines is 1. The fourth-order valence-corrected chi connectivity index (χ4v) is 3.95. The van der Waals surface area contributed by atoms with Crippen LogP contribution in [-0.4, -0.2) is 20.7 Å². The van der Waals surface area contributed by atoms with Crippen LogP contribution in [0.15, 0.2) is 47.3 Å². The van der Waals surface area contributed by atoms with Crippen molar-refractivity contribution in [3.05, 3.63) is 63.9 Å². The Hall–Kier alpha value is -3.06. The molecular formula is C20H18N4O2S. The van der Waals surface area contributed by atoms with E-state index in [1.54, 1.807) is 16.8 Å². The molecule has 0 fully saturated rings. The number of aryl methyl sites for hydroxylation is 2. The summed E-state index contributed by atoms with van der Waals surface area (Å²) in [5.41, 5.74) is 2.26. The fourth-order valence-electron chi connectivity index (χ4n) is 3.03. The number of nitrogens with one attached hydrogen (secondary N) is 1. The Kier molecular flexibility index (Phi) is 4.45. The molecule has 0 aliphatic carbocycles. The van der Waals surface area contributed by atoms with Gasteiger partial charge in [-0.05, 0) is 43.2 Å². The second-order valence-electron chi connectivity index (χ2n) is 6.14. The maximum absolute atomic E-state index is 12.7. The summed E-state index contributed by atoms with van der Waals surface area (Å²) in [5, 5.41) is 7.94. The monoisotopic (exact) mass is 378 g/mol. The minimum Gasteiger partial charge on any atom is -0.296 e. The van der Waals surface area contributed by atoms with Crippen LogP contribution in [0, 0.1) is 0 Å². The molecule has 27 heavy (non-hydrogen) atoms. The predicted octanol–water partition coefficient (Wildman–Crippen LogP) is 3.84. The molecule has 1 amide bonds. The first-order valence-electron chi connectivity index (χ1n) is 8.81. The number of carbonyl (C=O) groups is 1. The van der Waals surface area contributed by atoms with Gasteiger partial charge >= 0.3 is 0 Å². The molecule has 2 aromatic heterocycles. The number of benzene rings is 2. The molecule has 7 heteroatoms. The maximum Gasteiger partial charge on any atom is 0.281 e. The number of para-hydroxylation sites is 1. The molecule has 0 spiro atoms. The normalized spacial score (nSPS) is 11.2. The van der Waals surface area contributed by atoms with E-state index in [4.69, 9.17) is 0 Å². The number of aromatic nitrogens is 3. The SMILES string of the molecule is CCc1ccc2nc(NC(=O)c3nn(CC)c4ccccc4c3=O)sc2c1. The van der Waals surface area contributed by atoms with Gasteiger partial charge in [-0.15, -0.1) is 0 Å². The molecule has 1 N–H and O–H groups in total. The van der Waals surface area contributed by atoms with Crippen molar-refractivity contribution in [2.45, 2.75) is 26.8 Å². The minimum atomic E-state index is -0.539. The van der Waals surface area contributed by atoms with Crippen molar-refractivity contribution in [3.8, 4) is 0 Å². The maximum atomic E-state index is 12.7. The summed E-state index contributed by atoms with van der Waals surface area (Å²) >= 11 is 1.39. The summed E-state index contributed by atoms with van der Waals surface area (Å²) in [4.78, 5) is 29.9. The highest BCUT2D eigenvalue weighted by Crippen LogP contribution is 2.27. The molecule has 2 heterocycles. The number of nitrogens with zero attached hydrogens (tertiary/aromatic N) is 3. The van der Waals surface area contributed by atoms with E-state index < -0.39 is 5.91 Å². The lowest BCUT2D eigenvalue weighted by Gasteiger charge is -2.09. The lowest BCUT2D eigenvalue weighted by Crippen LogP contribution is -2.27. The number of rotatable bonds is 4. The van der Waals surface area contributed by atoms with Gasteiger partial charge in [-0.3, -0.25) is 19.6 Å². The number of hydrogen-bond donors (Lipinski definition) is 1. The average Bonchev–Trinajstić information content (AvgIpc) is 3.09. The first-order chi connectivity index (χ1) is 13.1. The van der Waals surface area contributed by atoms with E-state index in [9.17, 15) is 9.59 Å². The zero-order valence-corrected chi connectivity index (χ0v) is 15.8. The van der Waals surface area contributed by atoms with Crippen LogP contribution in [0.1, 0.15) is 29.9 Å². The van der Waals surface area contributed by atoms with Crippen LogP contribution < -0.4 is 10.7 Å². The van der Waals surface area contributed by atoms with Crippen molar-refractivity contribution in [1.29, 1.82) is 0 Å². The number of thiazole rings is 1. The standard InChI is InChI=1S/C20H18N4O2S/c1-3-12-9-10-14-16(11-12)27-20(21-14)22-19(26)17-18(25)13-7-5-6-8-15(13)24(4-2)23-17/h5-11H,3-4H2,1-2H3,(H,21,22,26). The van der Waals surface area contributed by atoms with Crippen molar-refractivity contribution in [2.75, 3.05) is 5.32 Å². The zero-order valence-electron chi connectivity index (χ0n) is 15.0. The summed E-state index contributed by atoms with van der Waals surface area (Å²) in [6.07, 6.45) is 0.938. The number of fused-ring (bicyclic) bond motifs is 2. The van der Waals surface area contributed by atoms with Gasteiger partial charge in [0.2, 0.25) is 5.43 Å². The number of hydrogen-bond acceptors (Lipinski definition) is 5. The van der Waals surface area contributed by atoms with E-state index >= 15 is 0 Å². The number of carbonyl (C=O) groups excluding carboxylic acids is 1. The Morgan fingerprint density at radius 1 is 1.19 bits per heavy atom. The van der Waals surface area contributed by atoms with Crippen molar-refractivity contribution >= 4 is 43.5 Å². The van der Waals surface area contributed by atoms with E-state index in [-0.39, 0.29) is 11.1 Å². The van der Waals surface area contributed by atoms with Crippen LogP contribution in [-0.2, 0) is 13.0 Å². The summed E-state index contributed by atoms with van der Waals surface area (Å²) in [6, 6.07) is 13.2. The quantitative estimate of drug-likeness (QED) is 0.585. The summed E-state index contributed by atoms with van der Waals surface area (Å²) in [5.74, 6) is -0.539. The minimum absolute atomic E-state index is 0.121. The smallest absolute Gasteiger partial charge is 0.281 e. The summed E-state index contributed by atoms with van der Waals surface area (Å²) in [7, 11) is 0. The Morgan fingerprint density at radius 3 is 2.78 bits per heavy atom. The van der Waals surface area contributed by atoms with E-state index in [2.05, 4.69) is 28.4 Å². The first-order valence-corrected chi connectivity index (χ1v) is 9.63. The second-order valence-corrected chi connectivity index (χ2v) is 7.17. The van der Waals surface area contributed by atoms with Crippen LogP contribution in [0.25, 0.3) is 21.1 Å². The molecule has 4 aromatic rings. The Labute approximate surface area is 159 Å². The van der Waals surface area contributed by atoms with Crippen LogP contribution in [0.4, 0.5) is 5.13 Å². The molecule has 0 atom stereocenters. The molecule has 0 bridgehead atoms. The van der Waals surface area contributed by atoms with Crippen LogP contribution in [0.3, 0.4) is 0 Å². The summed E-state index contributed by atoms with van der Waals surface area (Å²) < 4.78 is 2.67. The molecule has 0 unspecified atom stereocenters. The number of amides is 1. The van der Waals surface area contributed by atoms with Gasteiger partial charge in [0.1, 0.15) is 0 Å². The molecule has 0 aliphatic heterocycles. The van der Waals surface area contributed by atoms with Gasteiger partial charge in [-0.25, -0.2) is 4.98 Å². The molecule has 0 aliphatic rings. The molecule has 0 saturated heterocycles. The van der Waals surface area contributed by atoms with Crippen molar-refractivity contribution in [1.82, 2.24) is 14.8 Å². The van der Waals surface area contributed by atoms with Crippen LogP contribution in [0.5, 0.6) is 0 Å². The third kappa shape index (κ3) is 3.10. The zero-order chi connectivity index (χ0) is 19.0. The highest BCUT2D eigenvalue weighted by molar-refractivity contribution is 7.22. The van der Waals surface area contributed by atoms with Crippen molar-refractivity contribution < 1.29 is 4.79 Å². The Morgan fingerprint density at radius 2 is 2.00 bits per heavy atom. The molecule has 0 saturated carbocycles. The fraction of sp³-hybridized carbons (Fsp3) is 0.200. The molecular weight excluding hydrogens is 360 g/mol. The molecule has 136 valence electrons. The average molecular weight is 378 g/mol. The predicted molar refractivity (Wildman–Crippen MR) is 109 cm³/mol. The van der Waals surface area contributed by atoms with Gasteiger partial charge in [-0.1, -0.05) is 36.5 Å². The second kappa shape index (κ2) is 6.92. The van der Waals surface area contributed by atoms with Gasteiger partial charge in [0, 0.05) is 11.9 Å². The Balaban J connectivity index is 1.73. The van der Waals surface area contributed by atoms with E-state index in [1.807, 2.05) is 31.2 Å². The van der Waals surface area contributed by atoms with Gasteiger partial charge < -0.3 is 0 Å². The van der Waals surface area contributed by atoms with Crippen LogP contribution >= 0.6 is 11.3 Å². The van der Waals surface area contributed by atoms with Gasteiger partial charge in [-0.2, -0.15) is 5.10 Å². The largest absolute Gasteiger partial charge is 0.296 e. The van der Waals surface area contributed by atoms with Crippen molar-refractivity contribution in [2.24, 2.45) is 0 Å². The molecule has 0 radical (unpaired) electrons. The first kappa shape index (κ1) is 17.4. The molecule has 6 nitrogen and oxygen atoms in total. The molecule has 4 rings (SSSR count). The summed E-state index contributed by atoms with van der Waals surface area (Å²) in [6.45, 7) is 4.57. The topological polar surface area (TPSA) is 76.9 Å².